The van der Waals surface area contributed by atoms with Gasteiger partial charge in [0.05, 0.1) is 11.4 Å². The molecule has 5 heteroatoms. The van der Waals surface area contributed by atoms with Gasteiger partial charge in [-0.3, -0.25) is 9.98 Å². The van der Waals surface area contributed by atoms with Gasteiger partial charge in [0.25, 0.3) is 0 Å². The molecule has 4 nitrogen and oxygen atoms in total. The number of fused-ring (bicyclic) bond motifs is 2. The van der Waals surface area contributed by atoms with Gasteiger partial charge in [-0.1, -0.05) is 84.9 Å². The molecule has 0 amide bonds. The van der Waals surface area contributed by atoms with Crippen molar-refractivity contribution >= 4 is 44.3 Å². The molecule has 0 heterocycles. The number of hydrogen-bond donors (Lipinski definition) is 2. The third kappa shape index (κ3) is 5.42. The molecule has 41 heavy (non-hydrogen) atoms. The van der Waals surface area contributed by atoms with Gasteiger partial charge in [0.15, 0.2) is 0 Å². The Balaban J connectivity index is 0.00000337. The first-order valence-corrected chi connectivity index (χ1v) is 13.2. The number of nitrogens with zero attached hydrogens (tertiary/aromatic N) is 2. The monoisotopic (exact) mass is 584 g/mol. The minimum atomic E-state index is 0. The van der Waals surface area contributed by atoms with Crippen molar-refractivity contribution < 1.29 is 29.7 Å². The van der Waals surface area contributed by atoms with Gasteiger partial charge < -0.3 is 10.2 Å². The number of hydrogen-bond acceptors (Lipinski definition) is 4. The van der Waals surface area contributed by atoms with Crippen molar-refractivity contribution in [2.24, 2.45) is 9.98 Å². The van der Waals surface area contributed by atoms with Gasteiger partial charge in [0.1, 0.15) is 11.5 Å². The SMILES string of the molecule is CC(=Nc1ccc2ccccc2c1-c1c(N=C(C)c2ccccc2O)ccc2ccccc12)c1ccccc1O.[Zn]. The van der Waals surface area contributed by atoms with Crippen molar-refractivity contribution in [3.8, 4) is 22.6 Å². The fraction of sp³-hybridized carbons (Fsp3) is 0.0556. The van der Waals surface area contributed by atoms with Crippen LogP contribution in [0.3, 0.4) is 0 Å². The van der Waals surface area contributed by atoms with Gasteiger partial charge >= 0.3 is 0 Å². The zero-order valence-corrected chi connectivity index (χ0v) is 26.0. The van der Waals surface area contributed by atoms with Crippen molar-refractivity contribution in [2.45, 2.75) is 13.8 Å². The van der Waals surface area contributed by atoms with Crippen LogP contribution in [0.2, 0.25) is 0 Å². The molecule has 0 saturated heterocycles. The minimum absolute atomic E-state index is 0. The van der Waals surface area contributed by atoms with Crippen molar-refractivity contribution in [1.82, 2.24) is 0 Å². The molecule has 0 saturated carbocycles. The van der Waals surface area contributed by atoms with Crippen LogP contribution in [0.15, 0.2) is 131 Å². The Morgan fingerprint density at radius 2 is 0.829 bits per heavy atom. The molecule has 0 radical (unpaired) electrons. The van der Waals surface area contributed by atoms with Crippen molar-refractivity contribution in [3.05, 3.63) is 132 Å². The molecular formula is C36H28N2O2Zn. The third-order valence-corrected chi connectivity index (χ3v) is 7.23. The summed E-state index contributed by atoms with van der Waals surface area (Å²) in [5.41, 5.74) is 6.30. The summed E-state index contributed by atoms with van der Waals surface area (Å²) in [6, 6.07) is 39.3. The molecule has 0 spiro atoms. The Bertz CT molecular complexity index is 1820. The van der Waals surface area contributed by atoms with Crippen LogP contribution in [0.25, 0.3) is 32.7 Å². The first kappa shape index (κ1) is 28.0. The van der Waals surface area contributed by atoms with Gasteiger partial charge in [0.2, 0.25) is 0 Å². The first-order valence-electron chi connectivity index (χ1n) is 13.2. The molecule has 6 aromatic carbocycles. The van der Waals surface area contributed by atoms with E-state index in [1.807, 2.05) is 74.5 Å². The number of aromatic hydroxyl groups is 2. The minimum Gasteiger partial charge on any atom is -0.507 e. The first-order chi connectivity index (χ1) is 19.5. The number of phenols is 2. The maximum Gasteiger partial charge on any atom is 0.124 e. The summed E-state index contributed by atoms with van der Waals surface area (Å²) in [7, 11) is 0. The summed E-state index contributed by atoms with van der Waals surface area (Å²) < 4.78 is 0. The quantitative estimate of drug-likeness (QED) is 0.156. The topological polar surface area (TPSA) is 65.2 Å². The van der Waals surface area contributed by atoms with E-state index in [2.05, 4.69) is 36.4 Å². The molecule has 0 aliphatic heterocycles. The second kappa shape index (κ2) is 11.9. The molecule has 2 N–H and O–H groups in total. The van der Waals surface area contributed by atoms with E-state index < -0.39 is 0 Å². The van der Waals surface area contributed by atoms with Crippen LogP contribution in [0.4, 0.5) is 11.4 Å². The summed E-state index contributed by atoms with van der Waals surface area (Å²) >= 11 is 0. The van der Waals surface area contributed by atoms with Crippen LogP contribution in [0, 0.1) is 0 Å². The summed E-state index contributed by atoms with van der Waals surface area (Å²) in [5.74, 6) is 0.389. The van der Waals surface area contributed by atoms with E-state index in [1.54, 1.807) is 24.3 Å². The number of benzene rings is 6. The van der Waals surface area contributed by atoms with Crippen LogP contribution in [0.5, 0.6) is 11.5 Å². The fourth-order valence-corrected chi connectivity index (χ4v) is 5.27. The van der Waals surface area contributed by atoms with Gasteiger partial charge in [-0.15, -0.1) is 0 Å². The molecule has 0 aliphatic rings. The van der Waals surface area contributed by atoms with Gasteiger partial charge in [-0.2, -0.15) is 0 Å². The molecule has 6 rings (SSSR count). The number of para-hydroxylation sites is 2. The molecule has 0 aromatic heterocycles. The van der Waals surface area contributed by atoms with Gasteiger partial charge in [-0.25, -0.2) is 0 Å². The normalized spacial score (nSPS) is 12.0. The van der Waals surface area contributed by atoms with Gasteiger partial charge in [0, 0.05) is 53.2 Å². The summed E-state index contributed by atoms with van der Waals surface area (Å²) in [5, 5.41) is 25.3. The Morgan fingerprint density at radius 1 is 0.463 bits per heavy atom. The average Bonchev–Trinajstić information content (AvgIpc) is 2.97. The van der Waals surface area contributed by atoms with E-state index in [1.165, 1.54) is 0 Å². The predicted molar refractivity (Wildman–Crippen MR) is 167 cm³/mol. The number of rotatable bonds is 5. The molecule has 0 bridgehead atoms. The Hall–Kier alpha value is -4.60. The van der Waals surface area contributed by atoms with Crippen LogP contribution in [-0.4, -0.2) is 21.6 Å². The molecule has 0 atom stereocenters. The van der Waals surface area contributed by atoms with E-state index >= 15 is 0 Å². The Kier molecular flexibility index (Phi) is 8.10. The third-order valence-electron chi connectivity index (χ3n) is 7.23. The van der Waals surface area contributed by atoms with Crippen molar-refractivity contribution in [1.29, 1.82) is 0 Å². The van der Waals surface area contributed by atoms with Crippen LogP contribution in [0.1, 0.15) is 25.0 Å². The van der Waals surface area contributed by atoms with Crippen LogP contribution < -0.4 is 0 Å². The summed E-state index contributed by atoms with van der Waals surface area (Å²) in [4.78, 5) is 10.2. The standard InChI is InChI=1S/C36H28N2O2.Zn/c1-23(27-13-7-9-17-33(27)39)37-31-21-19-25-11-3-5-15-29(25)35(31)36-30-16-6-4-12-26(30)20-22-32(36)38-24(2)28-14-8-10-18-34(28)40;/h3-22,39-40H,1-2H3;. The average molecular weight is 586 g/mol. The predicted octanol–water partition coefficient (Wildman–Crippen LogP) is 9.35. The van der Waals surface area contributed by atoms with Crippen LogP contribution >= 0.6 is 0 Å². The molecule has 6 aromatic rings. The molecule has 196 valence electrons. The maximum absolute atomic E-state index is 10.5. The number of phenolic OH excluding ortho intramolecular Hbond substituents is 2. The van der Waals surface area contributed by atoms with E-state index in [4.69, 9.17) is 9.98 Å². The molecule has 0 unspecified atom stereocenters. The summed E-state index contributed by atoms with van der Waals surface area (Å²) in [6.45, 7) is 3.83. The van der Waals surface area contributed by atoms with Crippen molar-refractivity contribution in [2.75, 3.05) is 0 Å². The second-order valence-corrected chi connectivity index (χ2v) is 9.79. The van der Waals surface area contributed by atoms with E-state index in [0.717, 1.165) is 44.0 Å². The largest absolute Gasteiger partial charge is 0.507 e. The molecule has 0 fully saturated rings. The van der Waals surface area contributed by atoms with E-state index in [9.17, 15) is 10.2 Å². The van der Waals surface area contributed by atoms with E-state index in [0.29, 0.717) is 22.6 Å². The molecule has 0 aliphatic carbocycles. The second-order valence-electron chi connectivity index (χ2n) is 9.79. The zero-order chi connectivity index (χ0) is 27.6. The van der Waals surface area contributed by atoms with Crippen molar-refractivity contribution in [3.63, 3.8) is 0 Å². The maximum atomic E-state index is 10.5. The molecular weight excluding hydrogens is 558 g/mol. The summed E-state index contributed by atoms with van der Waals surface area (Å²) in [6.07, 6.45) is 0. The smallest absolute Gasteiger partial charge is 0.124 e. The van der Waals surface area contributed by atoms with E-state index in [-0.39, 0.29) is 31.0 Å². The van der Waals surface area contributed by atoms with Gasteiger partial charge in [-0.05, 0) is 71.8 Å². The number of aliphatic imine (C=N–C) groups is 2. The Labute approximate surface area is 252 Å². The van der Waals surface area contributed by atoms with Crippen LogP contribution in [-0.2, 0) is 19.5 Å². The fourth-order valence-electron chi connectivity index (χ4n) is 5.27. The zero-order valence-electron chi connectivity index (χ0n) is 23.0. The Morgan fingerprint density at radius 3 is 1.24 bits per heavy atom.